The lowest BCUT2D eigenvalue weighted by Gasteiger charge is -2.02. The molecule has 1 aromatic heterocycles. The van der Waals surface area contributed by atoms with Crippen LogP contribution >= 0.6 is 15.9 Å². The van der Waals surface area contributed by atoms with E-state index in [-0.39, 0.29) is 5.82 Å². The number of halogens is 2. The van der Waals surface area contributed by atoms with Crippen molar-refractivity contribution in [3.05, 3.63) is 40.6 Å². The highest BCUT2D eigenvalue weighted by atomic mass is 79.9. The molecule has 0 aliphatic carbocycles. The molecule has 1 aromatic carbocycles. The first-order chi connectivity index (χ1) is 9.72. The summed E-state index contributed by atoms with van der Waals surface area (Å²) in [5.74, 6) is 0.867. The molecule has 0 saturated carbocycles. The van der Waals surface area contributed by atoms with Crippen LogP contribution in [0.25, 0.3) is 11.3 Å². The van der Waals surface area contributed by atoms with Gasteiger partial charge in [-0.05, 0) is 28.1 Å². The summed E-state index contributed by atoms with van der Waals surface area (Å²) in [6.45, 7) is 2.22. The van der Waals surface area contributed by atoms with Crippen molar-refractivity contribution in [1.29, 1.82) is 0 Å². The third-order valence-electron chi connectivity index (χ3n) is 2.77. The molecule has 6 heteroatoms. The Morgan fingerprint density at radius 2 is 2.25 bits per heavy atom. The Morgan fingerprint density at radius 1 is 1.40 bits per heavy atom. The molecule has 2 rings (SSSR count). The van der Waals surface area contributed by atoms with Gasteiger partial charge in [0.05, 0.1) is 17.3 Å². The molecule has 1 heterocycles. The van der Waals surface area contributed by atoms with Crippen LogP contribution < -0.4 is 5.32 Å². The third kappa shape index (κ3) is 3.88. The predicted octanol–water partition coefficient (Wildman–Crippen LogP) is 3.02. The molecule has 0 aliphatic rings. The van der Waals surface area contributed by atoms with E-state index in [4.69, 9.17) is 9.15 Å². The first kappa shape index (κ1) is 15.2. The molecule has 2 aromatic rings. The highest BCUT2D eigenvalue weighted by Gasteiger charge is 2.12. The summed E-state index contributed by atoms with van der Waals surface area (Å²) in [6.07, 6.45) is 2.29. The van der Waals surface area contributed by atoms with Gasteiger partial charge in [-0.2, -0.15) is 0 Å². The van der Waals surface area contributed by atoms with Gasteiger partial charge in [0.25, 0.3) is 0 Å². The Bertz CT molecular complexity index is 560. The standard InChI is InChI=1S/C14H16BrFN2O2/c1-19-8-7-17-6-5-13-18-9-12(20-13)10-3-2-4-11(16)14(10)15/h2-4,9,17H,5-8H2,1H3. The number of hydrogen-bond donors (Lipinski definition) is 1. The van der Waals surface area contributed by atoms with E-state index >= 15 is 0 Å². The van der Waals surface area contributed by atoms with Gasteiger partial charge in [0.1, 0.15) is 5.82 Å². The number of nitrogens with zero attached hydrogens (tertiary/aromatic N) is 1. The number of hydrogen-bond acceptors (Lipinski definition) is 4. The lowest BCUT2D eigenvalue weighted by molar-refractivity contribution is 0.199. The van der Waals surface area contributed by atoms with Crippen LogP contribution in [-0.4, -0.2) is 31.8 Å². The highest BCUT2D eigenvalue weighted by Crippen LogP contribution is 2.30. The summed E-state index contributed by atoms with van der Waals surface area (Å²) in [4.78, 5) is 4.20. The van der Waals surface area contributed by atoms with Gasteiger partial charge in [-0.3, -0.25) is 0 Å². The first-order valence-electron chi connectivity index (χ1n) is 6.31. The topological polar surface area (TPSA) is 47.3 Å². The summed E-state index contributed by atoms with van der Waals surface area (Å²) >= 11 is 3.22. The van der Waals surface area contributed by atoms with Crippen LogP contribution in [0, 0.1) is 5.82 Å². The summed E-state index contributed by atoms with van der Waals surface area (Å²) < 4.78 is 24.4. The van der Waals surface area contributed by atoms with Crippen molar-refractivity contribution in [1.82, 2.24) is 10.3 Å². The van der Waals surface area contributed by atoms with E-state index in [9.17, 15) is 4.39 Å². The van der Waals surface area contributed by atoms with Gasteiger partial charge in [-0.25, -0.2) is 9.37 Å². The van der Waals surface area contributed by atoms with E-state index in [1.165, 1.54) is 6.07 Å². The zero-order valence-electron chi connectivity index (χ0n) is 11.2. The van der Waals surface area contributed by atoms with Crippen LogP contribution in [0.1, 0.15) is 5.89 Å². The fourth-order valence-electron chi connectivity index (χ4n) is 1.74. The van der Waals surface area contributed by atoms with Crippen molar-refractivity contribution >= 4 is 15.9 Å². The Morgan fingerprint density at radius 3 is 3.05 bits per heavy atom. The number of benzene rings is 1. The monoisotopic (exact) mass is 342 g/mol. The molecule has 0 unspecified atom stereocenters. The average molecular weight is 343 g/mol. The number of ether oxygens (including phenoxy) is 1. The molecule has 1 N–H and O–H groups in total. The van der Waals surface area contributed by atoms with Gasteiger partial charge in [0.2, 0.25) is 0 Å². The second-order valence-electron chi connectivity index (χ2n) is 4.21. The second-order valence-corrected chi connectivity index (χ2v) is 5.01. The van der Waals surface area contributed by atoms with Crippen molar-refractivity contribution < 1.29 is 13.5 Å². The maximum absolute atomic E-state index is 13.5. The number of oxazole rings is 1. The normalized spacial score (nSPS) is 10.9. The van der Waals surface area contributed by atoms with E-state index in [0.29, 0.717) is 34.7 Å². The zero-order chi connectivity index (χ0) is 14.4. The second kappa shape index (κ2) is 7.52. The van der Waals surface area contributed by atoms with Gasteiger partial charge in [0.15, 0.2) is 11.7 Å². The molecule has 0 bridgehead atoms. The molecule has 108 valence electrons. The van der Waals surface area contributed by atoms with E-state index in [2.05, 4.69) is 26.2 Å². The van der Waals surface area contributed by atoms with E-state index in [0.717, 1.165) is 13.1 Å². The minimum absolute atomic E-state index is 0.318. The molecule has 0 amide bonds. The Balaban J connectivity index is 1.97. The number of methoxy groups -OCH3 is 1. The first-order valence-corrected chi connectivity index (χ1v) is 7.10. The largest absolute Gasteiger partial charge is 0.441 e. The lowest BCUT2D eigenvalue weighted by atomic mass is 10.2. The molecule has 0 atom stereocenters. The Hall–Kier alpha value is -1.24. The van der Waals surface area contributed by atoms with Gasteiger partial charge >= 0.3 is 0 Å². The third-order valence-corrected chi connectivity index (χ3v) is 3.58. The summed E-state index contributed by atoms with van der Waals surface area (Å²) in [7, 11) is 1.67. The van der Waals surface area contributed by atoms with Gasteiger partial charge < -0.3 is 14.5 Å². The summed E-state index contributed by atoms with van der Waals surface area (Å²) in [5, 5.41) is 3.21. The van der Waals surface area contributed by atoms with E-state index in [1.54, 1.807) is 25.4 Å². The molecule has 0 fully saturated rings. The molecule has 20 heavy (non-hydrogen) atoms. The van der Waals surface area contributed by atoms with E-state index < -0.39 is 0 Å². The number of aromatic nitrogens is 1. The summed E-state index contributed by atoms with van der Waals surface area (Å²) in [6, 6.07) is 4.82. The van der Waals surface area contributed by atoms with Crippen molar-refractivity contribution in [2.24, 2.45) is 0 Å². The molecule has 0 spiro atoms. The maximum atomic E-state index is 13.5. The van der Waals surface area contributed by atoms with Crippen LogP contribution in [0.4, 0.5) is 4.39 Å². The molecular weight excluding hydrogens is 327 g/mol. The Kier molecular flexibility index (Phi) is 5.70. The van der Waals surface area contributed by atoms with Gasteiger partial charge in [-0.15, -0.1) is 0 Å². The zero-order valence-corrected chi connectivity index (χ0v) is 12.7. The minimum Gasteiger partial charge on any atom is -0.441 e. The van der Waals surface area contributed by atoms with Crippen LogP contribution in [0.15, 0.2) is 33.3 Å². The average Bonchev–Trinajstić information content (AvgIpc) is 2.90. The van der Waals surface area contributed by atoms with Crippen LogP contribution in [-0.2, 0) is 11.2 Å². The number of rotatable bonds is 7. The van der Waals surface area contributed by atoms with Crippen molar-refractivity contribution in [2.45, 2.75) is 6.42 Å². The lowest BCUT2D eigenvalue weighted by Crippen LogP contribution is -2.21. The quantitative estimate of drug-likeness (QED) is 0.785. The number of nitrogens with one attached hydrogen (secondary N) is 1. The smallest absolute Gasteiger partial charge is 0.196 e. The van der Waals surface area contributed by atoms with Crippen molar-refractivity contribution in [3.63, 3.8) is 0 Å². The van der Waals surface area contributed by atoms with Crippen LogP contribution in [0.2, 0.25) is 0 Å². The SMILES string of the molecule is COCCNCCc1ncc(-c2cccc(F)c2Br)o1. The highest BCUT2D eigenvalue weighted by molar-refractivity contribution is 9.10. The molecule has 0 aliphatic heterocycles. The minimum atomic E-state index is -0.318. The van der Waals surface area contributed by atoms with Gasteiger partial charge in [-0.1, -0.05) is 6.07 Å². The molecule has 0 radical (unpaired) electrons. The van der Waals surface area contributed by atoms with Crippen molar-refractivity contribution in [2.75, 3.05) is 26.8 Å². The maximum Gasteiger partial charge on any atom is 0.196 e. The van der Waals surface area contributed by atoms with Gasteiger partial charge in [0, 0.05) is 32.2 Å². The van der Waals surface area contributed by atoms with Crippen LogP contribution in [0.5, 0.6) is 0 Å². The predicted molar refractivity (Wildman–Crippen MR) is 78.0 cm³/mol. The van der Waals surface area contributed by atoms with Crippen molar-refractivity contribution in [3.8, 4) is 11.3 Å². The molecule has 4 nitrogen and oxygen atoms in total. The summed E-state index contributed by atoms with van der Waals surface area (Å²) in [5.41, 5.74) is 0.663. The van der Waals surface area contributed by atoms with Crippen LogP contribution in [0.3, 0.4) is 0 Å². The fraction of sp³-hybridized carbons (Fsp3) is 0.357. The Labute approximate surface area is 125 Å². The van der Waals surface area contributed by atoms with E-state index in [1.807, 2.05) is 0 Å². The molecule has 0 saturated heterocycles. The molecular formula is C14H16BrFN2O2. The fourth-order valence-corrected chi connectivity index (χ4v) is 2.20.